The number of rotatable bonds is 8. The van der Waals surface area contributed by atoms with Crippen molar-refractivity contribution in [2.75, 3.05) is 0 Å². The van der Waals surface area contributed by atoms with Crippen LogP contribution in [0.4, 0.5) is 0 Å². The van der Waals surface area contributed by atoms with Crippen LogP contribution >= 0.6 is 15.9 Å². The first-order valence-corrected chi connectivity index (χ1v) is 7.83. The third-order valence-electron chi connectivity index (χ3n) is 3.58. The summed E-state index contributed by atoms with van der Waals surface area (Å²) in [6.45, 7) is 4.23. The summed E-state index contributed by atoms with van der Waals surface area (Å²) in [5, 5.41) is 9.46. The smallest absolute Gasteiger partial charge is 0.311 e. The lowest BCUT2D eigenvalue weighted by molar-refractivity contribution is -0.140. The maximum absolute atomic E-state index is 11.5. The molecule has 0 aliphatic rings. The Labute approximate surface area is 124 Å². The van der Waals surface area contributed by atoms with Gasteiger partial charge in [0.2, 0.25) is 0 Å². The van der Waals surface area contributed by atoms with E-state index in [1.54, 1.807) is 0 Å². The molecule has 0 fully saturated rings. The van der Waals surface area contributed by atoms with Crippen molar-refractivity contribution in [2.24, 2.45) is 5.92 Å². The number of carbonyl (C=O) groups is 1. The minimum Gasteiger partial charge on any atom is -0.481 e. The van der Waals surface area contributed by atoms with Crippen molar-refractivity contribution in [3.8, 4) is 0 Å². The van der Waals surface area contributed by atoms with Crippen molar-refractivity contribution in [1.82, 2.24) is 0 Å². The average molecular weight is 327 g/mol. The van der Waals surface area contributed by atoms with Crippen LogP contribution in [0.3, 0.4) is 0 Å². The van der Waals surface area contributed by atoms with E-state index in [0.717, 1.165) is 22.9 Å². The molecule has 0 saturated heterocycles. The second-order valence-corrected chi connectivity index (χ2v) is 6.11. The first-order valence-electron chi connectivity index (χ1n) is 7.04. The fourth-order valence-electron chi connectivity index (χ4n) is 2.44. The normalized spacial score (nSPS) is 14.1. The molecule has 1 rings (SSSR count). The predicted octanol–water partition coefficient (Wildman–Crippen LogP) is 5.22. The van der Waals surface area contributed by atoms with Gasteiger partial charge >= 0.3 is 5.97 Å². The topological polar surface area (TPSA) is 37.3 Å². The molecule has 106 valence electrons. The maximum atomic E-state index is 11.5. The molecule has 0 unspecified atom stereocenters. The van der Waals surface area contributed by atoms with Crippen molar-refractivity contribution >= 4 is 21.9 Å². The second kappa shape index (κ2) is 8.36. The quantitative estimate of drug-likeness (QED) is 0.664. The number of unbranched alkanes of at least 4 members (excludes halogenated alkanes) is 3. The average Bonchev–Trinajstić information content (AvgIpc) is 2.37. The Hall–Kier alpha value is -0.830. The lowest BCUT2D eigenvalue weighted by atomic mass is 9.84. The van der Waals surface area contributed by atoms with Gasteiger partial charge in [0.15, 0.2) is 0 Å². The monoisotopic (exact) mass is 326 g/mol. The van der Waals surface area contributed by atoms with E-state index in [1.165, 1.54) is 19.3 Å². The van der Waals surface area contributed by atoms with E-state index < -0.39 is 11.9 Å². The van der Waals surface area contributed by atoms with Gasteiger partial charge in [0, 0.05) is 4.47 Å². The van der Waals surface area contributed by atoms with Gasteiger partial charge in [-0.15, -0.1) is 0 Å². The van der Waals surface area contributed by atoms with Crippen LogP contribution < -0.4 is 0 Å². The van der Waals surface area contributed by atoms with E-state index in [9.17, 15) is 9.90 Å². The fourth-order valence-corrected chi connectivity index (χ4v) is 2.71. The molecule has 0 heterocycles. The van der Waals surface area contributed by atoms with Crippen molar-refractivity contribution in [3.05, 3.63) is 34.3 Å². The van der Waals surface area contributed by atoms with E-state index in [4.69, 9.17) is 0 Å². The molecule has 0 saturated carbocycles. The zero-order valence-corrected chi connectivity index (χ0v) is 13.3. The summed E-state index contributed by atoms with van der Waals surface area (Å²) >= 11 is 3.38. The SMILES string of the molecule is CCCCCC[C@@H](C)[C@@H](C(=O)O)c1ccc(Br)cc1. The zero-order chi connectivity index (χ0) is 14.3. The van der Waals surface area contributed by atoms with Gasteiger partial charge in [0.25, 0.3) is 0 Å². The number of benzene rings is 1. The van der Waals surface area contributed by atoms with Crippen LogP contribution in [0.2, 0.25) is 0 Å². The third kappa shape index (κ3) is 5.35. The minimum atomic E-state index is -0.717. The number of halogens is 1. The Kier molecular flexibility index (Phi) is 7.14. The molecule has 1 aromatic rings. The number of aliphatic carboxylic acids is 1. The molecule has 0 aliphatic heterocycles. The summed E-state index contributed by atoms with van der Waals surface area (Å²) in [6.07, 6.45) is 5.75. The lowest BCUT2D eigenvalue weighted by Crippen LogP contribution is -2.19. The molecular weight excluding hydrogens is 304 g/mol. The van der Waals surface area contributed by atoms with Gasteiger partial charge in [-0.25, -0.2) is 0 Å². The highest BCUT2D eigenvalue weighted by molar-refractivity contribution is 9.10. The zero-order valence-electron chi connectivity index (χ0n) is 11.7. The molecule has 0 aromatic heterocycles. The standard InChI is InChI=1S/C16H23BrO2/c1-3-4-5-6-7-12(2)15(16(18)19)13-8-10-14(17)11-9-13/h8-12,15H,3-7H2,1-2H3,(H,18,19)/t12-,15-/m1/s1. The molecule has 19 heavy (non-hydrogen) atoms. The van der Waals surface area contributed by atoms with Gasteiger partial charge < -0.3 is 5.11 Å². The van der Waals surface area contributed by atoms with Crippen LogP contribution in [0.5, 0.6) is 0 Å². The third-order valence-corrected chi connectivity index (χ3v) is 4.11. The highest BCUT2D eigenvalue weighted by atomic mass is 79.9. The highest BCUT2D eigenvalue weighted by Crippen LogP contribution is 2.29. The van der Waals surface area contributed by atoms with Gasteiger partial charge in [-0.1, -0.05) is 67.6 Å². The molecule has 3 heteroatoms. The van der Waals surface area contributed by atoms with Crippen LogP contribution in [0.15, 0.2) is 28.7 Å². The van der Waals surface area contributed by atoms with E-state index in [2.05, 4.69) is 22.9 Å². The van der Waals surface area contributed by atoms with E-state index in [-0.39, 0.29) is 5.92 Å². The van der Waals surface area contributed by atoms with Crippen molar-refractivity contribution in [2.45, 2.75) is 51.9 Å². The minimum absolute atomic E-state index is 0.176. The molecule has 1 aromatic carbocycles. The van der Waals surface area contributed by atoms with E-state index >= 15 is 0 Å². The summed E-state index contributed by atoms with van der Waals surface area (Å²) in [6, 6.07) is 7.64. The summed E-state index contributed by atoms with van der Waals surface area (Å²) in [4.78, 5) is 11.5. The first-order chi connectivity index (χ1) is 9.06. The number of carboxylic acid groups (broad SMARTS) is 1. The van der Waals surface area contributed by atoms with Crippen LogP contribution in [0.1, 0.15) is 57.4 Å². The predicted molar refractivity (Wildman–Crippen MR) is 82.4 cm³/mol. The van der Waals surface area contributed by atoms with Crippen LogP contribution in [-0.2, 0) is 4.79 Å². The van der Waals surface area contributed by atoms with E-state index in [1.807, 2.05) is 31.2 Å². The Morgan fingerprint density at radius 2 is 1.84 bits per heavy atom. The number of hydrogen-bond acceptors (Lipinski definition) is 1. The Morgan fingerprint density at radius 3 is 2.37 bits per heavy atom. The van der Waals surface area contributed by atoms with Crippen LogP contribution in [0.25, 0.3) is 0 Å². The number of carboxylic acids is 1. The molecule has 0 bridgehead atoms. The highest BCUT2D eigenvalue weighted by Gasteiger charge is 2.25. The summed E-state index contributed by atoms with van der Waals surface area (Å²) in [7, 11) is 0. The van der Waals surface area contributed by atoms with Crippen molar-refractivity contribution in [1.29, 1.82) is 0 Å². The van der Waals surface area contributed by atoms with Crippen molar-refractivity contribution in [3.63, 3.8) is 0 Å². The van der Waals surface area contributed by atoms with E-state index in [0.29, 0.717) is 0 Å². The summed E-state index contributed by atoms with van der Waals surface area (Å²) in [5.74, 6) is -0.935. The molecule has 2 atom stereocenters. The molecule has 2 nitrogen and oxygen atoms in total. The fraction of sp³-hybridized carbons (Fsp3) is 0.562. The van der Waals surface area contributed by atoms with Crippen LogP contribution in [0, 0.1) is 5.92 Å². The second-order valence-electron chi connectivity index (χ2n) is 5.19. The first kappa shape index (κ1) is 16.2. The molecule has 0 spiro atoms. The number of hydrogen-bond donors (Lipinski definition) is 1. The molecular formula is C16H23BrO2. The van der Waals surface area contributed by atoms with Gasteiger partial charge in [-0.05, 0) is 30.0 Å². The Bertz CT molecular complexity index is 386. The Balaban J connectivity index is 2.66. The van der Waals surface area contributed by atoms with Crippen molar-refractivity contribution < 1.29 is 9.90 Å². The van der Waals surface area contributed by atoms with Crippen LogP contribution in [-0.4, -0.2) is 11.1 Å². The van der Waals surface area contributed by atoms with Gasteiger partial charge in [0.1, 0.15) is 0 Å². The lowest BCUT2D eigenvalue weighted by Gasteiger charge is -2.20. The Morgan fingerprint density at radius 1 is 1.21 bits per heavy atom. The molecule has 0 aliphatic carbocycles. The van der Waals surface area contributed by atoms with Gasteiger partial charge in [-0.2, -0.15) is 0 Å². The maximum Gasteiger partial charge on any atom is 0.311 e. The largest absolute Gasteiger partial charge is 0.481 e. The summed E-state index contributed by atoms with van der Waals surface area (Å²) in [5.41, 5.74) is 0.902. The van der Waals surface area contributed by atoms with Gasteiger partial charge in [-0.3, -0.25) is 4.79 Å². The summed E-state index contributed by atoms with van der Waals surface area (Å²) < 4.78 is 0.982. The van der Waals surface area contributed by atoms with Gasteiger partial charge in [0.05, 0.1) is 5.92 Å². The molecule has 0 amide bonds. The molecule has 1 N–H and O–H groups in total. The molecule has 0 radical (unpaired) electrons.